The molecular formula is C19H23NO4. The monoisotopic (exact) mass is 329 g/mol. The molecule has 4 unspecified atom stereocenters. The van der Waals surface area contributed by atoms with Crippen LogP contribution in [0.5, 0.6) is 5.75 Å². The molecule has 3 aliphatic carbocycles. The Kier molecular flexibility index (Phi) is 3.44. The Balaban J connectivity index is 1.76. The number of ketones is 1. The molecule has 0 saturated heterocycles. The molecule has 0 bridgehead atoms. The standard InChI is InChI=1S/C19H23NO4/c1-19-8-7-12-13(15(19)5-6-18(19)21)4-3-11-9-17(24-2)16(20(22)23)10-14(11)12/h9-10,12-13,15H,3-8H2,1-2H3. The first-order valence-electron chi connectivity index (χ1n) is 8.84. The van der Waals surface area contributed by atoms with Crippen molar-refractivity contribution in [2.75, 3.05) is 7.11 Å². The summed E-state index contributed by atoms with van der Waals surface area (Å²) in [6.45, 7) is 2.15. The van der Waals surface area contributed by atoms with E-state index in [1.54, 1.807) is 6.07 Å². The van der Waals surface area contributed by atoms with Crippen molar-refractivity contribution in [3.63, 3.8) is 0 Å². The number of fused-ring (bicyclic) bond motifs is 5. The molecule has 24 heavy (non-hydrogen) atoms. The number of hydrogen-bond acceptors (Lipinski definition) is 4. The molecule has 1 aromatic rings. The Hall–Kier alpha value is -1.91. The van der Waals surface area contributed by atoms with Crippen LogP contribution in [-0.4, -0.2) is 17.8 Å². The predicted molar refractivity (Wildman–Crippen MR) is 89.3 cm³/mol. The molecule has 2 fully saturated rings. The Bertz CT molecular complexity index is 728. The molecule has 3 aliphatic rings. The highest BCUT2D eigenvalue weighted by molar-refractivity contribution is 5.87. The summed E-state index contributed by atoms with van der Waals surface area (Å²) >= 11 is 0. The number of carbonyl (C=O) groups is 1. The second kappa shape index (κ2) is 5.30. The van der Waals surface area contributed by atoms with Crippen LogP contribution in [0.1, 0.15) is 56.1 Å². The van der Waals surface area contributed by atoms with Crippen LogP contribution in [0, 0.1) is 27.4 Å². The first-order chi connectivity index (χ1) is 11.5. The molecule has 0 spiro atoms. The van der Waals surface area contributed by atoms with E-state index >= 15 is 0 Å². The van der Waals surface area contributed by atoms with Crippen LogP contribution in [0.4, 0.5) is 5.69 Å². The van der Waals surface area contributed by atoms with E-state index in [-0.39, 0.29) is 16.0 Å². The van der Waals surface area contributed by atoms with Crippen molar-refractivity contribution < 1.29 is 14.5 Å². The molecule has 5 nitrogen and oxygen atoms in total. The maximum Gasteiger partial charge on any atom is 0.311 e. The van der Waals surface area contributed by atoms with Crippen molar-refractivity contribution >= 4 is 11.5 Å². The van der Waals surface area contributed by atoms with E-state index in [1.165, 1.54) is 12.7 Å². The number of methoxy groups -OCH3 is 1. The zero-order valence-electron chi connectivity index (χ0n) is 14.2. The van der Waals surface area contributed by atoms with Gasteiger partial charge >= 0.3 is 5.69 Å². The van der Waals surface area contributed by atoms with E-state index in [0.29, 0.717) is 35.7 Å². The molecule has 0 aliphatic heterocycles. The smallest absolute Gasteiger partial charge is 0.311 e. The van der Waals surface area contributed by atoms with Gasteiger partial charge in [-0.2, -0.15) is 0 Å². The highest BCUT2D eigenvalue weighted by Gasteiger charge is 2.54. The zero-order chi connectivity index (χ0) is 17.1. The summed E-state index contributed by atoms with van der Waals surface area (Å²) in [6.07, 6.45) is 5.57. The van der Waals surface area contributed by atoms with E-state index < -0.39 is 0 Å². The predicted octanol–water partition coefficient (Wildman–Crippen LogP) is 4.03. The number of benzene rings is 1. The zero-order valence-corrected chi connectivity index (χ0v) is 14.2. The van der Waals surface area contributed by atoms with E-state index in [9.17, 15) is 14.9 Å². The number of aryl methyl sites for hydroxylation is 1. The number of rotatable bonds is 2. The van der Waals surface area contributed by atoms with Crippen molar-refractivity contribution in [3.8, 4) is 5.75 Å². The van der Waals surface area contributed by atoms with Crippen LogP contribution in [0.25, 0.3) is 0 Å². The molecule has 2 saturated carbocycles. The molecule has 0 heterocycles. The molecule has 4 rings (SSSR count). The second-order valence-electron chi connectivity index (χ2n) is 7.81. The van der Waals surface area contributed by atoms with Crippen molar-refractivity contribution in [3.05, 3.63) is 33.4 Å². The van der Waals surface area contributed by atoms with Crippen LogP contribution in [0.15, 0.2) is 12.1 Å². The molecule has 0 radical (unpaired) electrons. The van der Waals surface area contributed by atoms with Gasteiger partial charge in [0, 0.05) is 17.9 Å². The lowest BCUT2D eigenvalue weighted by Crippen LogP contribution is -2.42. The highest BCUT2D eigenvalue weighted by atomic mass is 16.6. The maximum atomic E-state index is 12.4. The highest BCUT2D eigenvalue weighted by Crippen LogP contribution is 2.60. The lowest BCUT2D eigenvalue weighted by molar-refractivity contribution is -0.385. The van der Waals surface area contributed by atoms with E-state index in [2.05, 4.69) is 6.92 Å². The van der Waals surface area contributed by atoms with Crippen molar-refractivity contribution in [2.24, 2.45) is 17.3 Å². The van der Waals surface area contributed by atoms with Gasteiger partial charge in [0.2, 0.25) is 0 Å². The fraction of sp³-hybridized carbons (Fsp3) is 0.632. The number of nitro benzene ring substituents is 1. The summed E-state index contributed by atoms with van der Waals surface area (Å²) in [5, 5.41) is 11.4. The number of hydrogen-bond donors (Lipinski definition) is 0. The Morgan fingerprint density at radius 2 is 2.04 bits per heavy atom. The third-order valence-electron chi connectivity index (χ3n) is 6.93. The molecule has 1 aromatic carbocycles. The van der Waals surface area contributed by atoms with E-state index in [1.807, 2.05) is 6.07 Å². The van der Waals surface area contributed by atoms with Crippen LogP contribution in [0.2, 0.25) is 0 Å². The van der Waals surface area contributed by atoms with Crippen LogP contribution >= 0.6 is 0 Å². The Labute approximate surface area is 141 Å². The summed E-state index contributed by atoms with van der Waals surface area (Å²) in [6, 6.07) is 3.60. The van der Waals surface area contributed by atoms with Gasteiger partial charge in [-0.3, -0.25) is 14.9 Å². The number of nitro groups is 1. The normalized spacial score (nSPS) is 34.2. The summed E-state index contributed by atoms with van der Waals surface area (Å²) in [5.41, 5.74) is 2.22. The second-order valence-corrected chi connectivity index (χ2v) is 7.81. The van der Waals surface area contributed by atoms with Gasteiger partial charge in [-0.15, -0.1) is 0 Å². The third-order valence-corrected chi connectivity index (χ3v) is 6.93. The van der Waals surface area contributed by atoms with E-state index in [0.717, 1.165) is 37.7 Å². The first-order valence-corrected chi connectivity index (χ1v) is 8.84. The Morgan fingerprint density at radius 3 is 2.75 bits per heavy atom. The fourth-order valence-electron chi connectivity index (χ4n) is 5.66. The minimum atomic E-state index is -0.352. The largest absolute Gasteiger partial charge is 0.490 e. The van der Waals surface area contributed by atoms with E-state index in [4.69, 9.17) is 4.74 Å². The molecule has 0 N–H and O–H groups in total. The number of Topliss-reactive ketones (excluding diaryl/α,β-unsaturated/α-hetero) is 1. The van der Waals surface area contributed by atoms with Crippen molar-refractivity contribution in [1.82, 2.24) is 0 Å². The van der Waals surface area contributed by atoms with Crippen LogP contribution < -0.4 is 4.74 Å². The van der Waals surface area contributed by atoms with Gasteiger partial charge in [-0.1, -0.05) is 6.92 Å². The van der Waals surface area contributed by atoms with Gasteiger partial charge in [0.05, 0.1) is 12.0 Å². The quantitative estimate of drug-likeness (QED) is 0.607. The topological polar surface area (TPSA) is 69.4 Å². The molecule has 5 heteroatoms. The van der Waals surface area contributed by atoms with Crippen molar-refractivity contribution in [2.45, 2.75) is 51.4 Å². The summed E-state index contributed by atoms with van der Waals surface area (Å²) in [7, 11) is 1.48. The fourth-order valence-corrected chi connectivity index (χ4v) is 5.66. The minimum Gasteiger partial charge on any atom is -0.490 e. The van der Waals surface area contributed by atoms with Gasteiger partial charge < -0.3 is 4.74 Å². The van der Waals surface area contributed by atoms with Gasteiger partial charge in [0.1, 0.15) is 5.78 Å². The molecule has 0 amide bonds. The minimum absolute atomic E-state index is 0.0627. The van der Waals surface area contributed by atoms with Crippen LogP contribution in [-0.2, 0) is 11.2 Å². The SMILES string of the molecule is COc1cc2c(cc1[N+](=O)[O-])C1CCC3(C)C(=O)CCC3C1CC2. The first kappa shape index (κ1) is 15.6. The summed E-state index contributed by atoms with van der Waals surface area (Å²) in [4.78, 5) is 23.4. The molecular weight excluding hydrogens is 306 g/mol. The summed E-state index contributed by atoms with van der Waals surface area (Å²) < 4.78 is 5.22. The Morgan fingerprint density at radius 1 is 1.25 bits per heavy atom. The maximum absolute atomic E-state index is 12.4. The molecule has 128 valence electrons. The van der Waals surface area contributed by atoms with Gasteiger partial charge in [0.25, 0.3) is 0 Å². The average molecular weight is 329 g/mol. The number of carbonyl (C=O) groups excluding carboxylic acids is 1. The van der Waals surface area contributed by atoms with Crippen molar-refractivity contribution in [1.29, 1.82) is 0 Å². The van der Waals surface area contributed by atoms with Gasteiger partial charge in [-0.05, 0) is 67.1 Å². The van der Waals surface area contributed by atoms with Gasteiger partial charge in [-0.25, -0.2) is 0 Å². The number of nitrogens with zero attached hydrogens (tertiary/aromatic N) is 1. The molecule has 4 atom stereocenters. The third kappa shape index (κ3) is 2.03. The number of ether oxygens (including phenoxy) is 1. The summed E-state index contributed by atoms with van der Waals surface area (Å²) in [5.74, 6) is 2.06. The van der Waals surface area contributed by atoms with Gasteiger partial charge in [0.15, 0.2) is 5.75 Å². The lowest BCUT2D eigenvalue weighted by Gasteiger charge is -2.48. The lowest BCUT2D eigenvalue weighted by atomic mass is 9.55. The average Bonchev–Trinajstić information content (AvgIpc) is 2.88. The molecule has 0 aromatic heterocycles. The van der Waals surface area contributed by atoms with Crippen LogP contribution in [0.3, 0.4) is 0 Å².